The molecule has 3 aliphatic rings. The van der Waals surface area contributed by atoms with Crippen molar-refractivity contribution in [3.05, 3.63) is 11.8 Å². The number of carbonyl (C=O) groups excluding carboxylic acids is 3. The summed E-state index contributed by atoms with van der Waals surface area (Å²) in [4.78, 5) is 40.8. The largest absolute Gasteiger partial charge is 0.466 e. The molecule has 2 fully saturated rings. The Morgan fingerprint density at radius 3 is 2.16 bits per heavy atom. The number of aliphatic hydroxyl groups excluding tert-OH is 3. The molecule has 1 aliphatic carbocycles. The molecule has 0 spiro atoms. The lowest BCUT2D eigenvalue weighted by atomic mass is 9.69. The second-order valence-electron chi connectivity index (χ2n) is 16.9. The number of ether oxygens (including phenoxy) is 6. The third-order valence-corrected chi connectivity index (χ3v) is 9.94. The molecule has 0 aromatic rings. The van der Waals surface area contributed by atoms with Crippen LogP contribution < -0.4 is 39.7 Å². The number of nitrogens with two attached hydrogens (primary N) is 6. The second kappa shape index (κ2) is 17.6. The van der Waals surface area contributed by atoms with E-state index in [-0.39, 0.29) is 6.42 Å². The van der Waals surface area contributed by atoms with E-state index in [0.29, 0.717) is 25.1 Å². The van der Waals surface area contributed by atoms with Crippen molar-refractivity contribution in [1.29, 1.82) is 0 Å². The first-order valence-corrected chi connectivity index (χ1v) is 18.4. The Hall–Kier alpha value is -2.41. The number of likely N-dealkylation sites (N-methyl/N-ethyl adjacent to an activating group) is 1. The number of nitrogens with one attached hydrogen (secondary N) is 1. The minimum Gasteiger partial charge on any atom is -0.466 e. The molecule has 3 rings (SSSR count). The standard InChI is InChI=1S/C35H65N7O13/c1-31(2,3)54-27(47)20(40)21(43)24(45)34(41)14-18(39)23(52-28-17(38)11-12-19(51-28)16(37)10-9-13-36)22(44)26(34)53-29-25(46)35(42-8,33(7,49)15-50-29)30(48)55-32(4,5)6/h12,16-18,20-23,25-26,28-29,42-44,46,49H,9-11,13-15,36-41H2,1-8H3/t16?,17-,18+,20?,21?,22+,23-,25+,26-,28-,29-,33+,34+,35+/m1/s1. The van der Waals surface area contributed by atoms with Crippen LogP contribution in [-0.2, 0) is 42.8 Å². The van der Waals surface area contributed by atoms with Gasteiger partial charge in [0, 0.05) is 6.04 Å². The average Bonchev–Trinajstić information content (AvgIpc) is 3.06. The molecule has 2 aliphatic heterocycles. The van der Waals surface area contributed by atoms with Crippen LogP contribution in [0.5, 0.6) is 0 Å². The molecule has 17 N–H and O–H groups in total. The van der Waals surface area contributed by atoms with Gasteiger partial charge in [-0.2, -0.15) is 0 Å². The fourth-order valence-corrected chi connectivity index (χ4v) is 7.00. The van der Waals surface area contributed by atoms with Crippen molar-refractivity contribution in [3.8, 4) is 0 Å². The molecule has 0 aromatic carbocycles. The summed E-state index contributed by atoms with van der Waals surface area (Å²) in [6.07, 6.45) is -10.3. The first-order chi connectivity index (χ1) is 25.2. The zero-order chi connectivity index (χ0) is 42.1. The zero-order valence-electron chi connectivity index (χ0n) is 33.1. The van der Waals surface area contributed by atoms with Gasteiger partial charge in [-0.25, -0.2) is 4.79 Å². The summed E-state index contributed by atoms with van der Waals surface area (Å²) in [5.74, 6) is -3.10. The molecule has 318 valence electrons. The Bertz CT molecular complexity index is 1390. The van der Waals surface area contributed by atoms with Gasteiger partial charge in [0.05, 0.1) is 18.7 Å². The average molecular weight is 792 g/mol. The molecule has 55 heavy (non-hydrogen) atoms. The van der Waals surface area contributed by atoms with Crippen molar-refractivity contribution in [3.63, 3.8) is 0 Å². The number of carbonyl (C=O) groups is 3. The lowest BCUT2D eigenvalue weighted by Crippen LogP contribution is -2.80. The van der Waals surface area contributed by atoms with Crippen LogP contribution in [0.25, 0.3) is 0 Å². The molecule has 0 bridgehead atoms. The quantitative estimate of drug-likeness (QED) is 0.0745. The highest BCUT2D eigenvalue weighted by molar-refractivity contribution is 5.97. The Morgan fingerprint density at radius 1 is 1.02 bits per heavy atom. The minimum absolute atomic E-state index is 0.279. The molecule has 0 aromatic heterocycles. The van der Waals surface area contributed by atoms with Crippen molar-refractivity contribution < 1.29 is 63.2 Å². The van der Waals surface area contributed by atoms with Crippen molar-refractivity contribution in [1.82, 2.24) is 5.32 Å². The summed E-state index contributed by atoms with van der Waals surface area (Å²) >= 11 is 0. The number of hydrogen-bond donors (Lipinski definition) is 11. The van der Waals surface area contributed by atoms with Gasteiger partial charge in [0.1, 0.15) is 64.7 Å². The van der Waals surface area contributed by atoms with Crippen molar-refractivity contribution in [2.45, 2.75) is 169 Å². The van der Waals surface area contributed by atoms with Crippen LogP contribution in [0.1, 0.15) is 74.1 Å². The van der Waals surface area contributed by atoms with Crippen LogP contribution in [0.3, 0.4) is 0 Å². The molecule has 1 saturated heterocycles. The van der Waals surface area contributed by atoms with Crippen molar-refractivity contribution in [2.75, 3.05) is 20.2 Å². The van der Waals surface area contributed by atoms with Crippen LogP contribution in [0, 0.1) is 0 Å². The van der Waals surface area contributed by atoms with Crippen LogP contribution in [0.15, 0.2) is 11.8 Å². The molecule has 0 radical (unpaired) electrons. The van der Waals surface area contributed by atoms with E-state index in [1.807, 2.05) is 0 Å². The van der Waals surface area contributed by atoms with Crippen LogP contribution >= 0.6 is 0 Å². The molecule has 2 heterocycles. The van der Waals surface area contributed by atoms with Crippen molar-refractivity contribution in [2.24, 2.45) is 34.4 Å². The maximum Gasteiger partial charge on any atom is 0.332 e. The first-order valence-electron chi connectivity index (χ1n) is 18.4. The van der Waals surface area contributed by atoms with Gasteiger partial charge >= 0.3 is 11.9 Å². The summed E-state index contributed by atoms with van der Waals surface area (Å²) in [6, 6.07) is -4.51. The summed E-state index contributed by atoms with van der Waals surface area (Å²) in [5.41, 5.74) is 28.6. The minimum atomic E-state index is -2.47. The lowest BCUT2D eigenvalue weighted by Gasteiger charge is -2.54. The maximum atomic E-state index is 14.2. The summed E-state index contributed by atoms with van der Waals surface area (Å²) in [6.45, 7) is 10.4. The number of aliphatic hydroxyl groups is 4. The van der Waals surface area contributed by atoms with Gasteiger partial charge in [-0.3, -0.25) is 9.59 Å². The zero-order valence-corrected chi connectivity index (χ0v) is 33.1. The summed E-state index contributed by atoms with van der Waals surface area (Å²) in [5, 5.41) is 49.1. The molecule has 1 saturated carbocycles. The highest BCUT2D eigenvalue weighted by Gasteiger charge is 2.67. The topological polar surface area (TPSA) is 356 Å². The van der Waals surface area contributed by atoms with Crippen LogP contribution in [0.2, 0.25) is 0 Å². The Balaban J connectivity index is 2.06. The van der Waals surface area contributed by atoms with E-state index in [2.05, 4.69) is 5.32 Å². The molecular weight excluding hydrogens is 726 g/mol. The number of Topliss-reactive ketones (excluding diaryl/α,β-unsaturated/α-hetero) is 1. The predicted molar refractivity (Wildman–Crippen MR) is 196 cm³/mol. The van der Waals surface area contributed by atoms with Gasteiger partial charge < -0.3 is 88.6 Å². The van der Waals surface area contributed by atoms with E-state index in [0.717, 1.165) is 0 Å². The highest BCUT2D eigenvalue weighted by Crippen LogP contribution is 2.40. The molecule has 3 unspecified atom stereocenters. The monoisotopic (exact) mass is 791 g/mol. The van der Waals surface area contributed by atoms with Gasteiger partial charge in [0.25, 0.3) is 0 Å². The van der Waals surface area contributed by atoms with E-state index in [1.54, 1.807) is 47.6 Å². The number of ketones is 1. The number of esters is 2. The van der Waals surface area contributed by atoms with Gasteiger partial charge in [0.15, 0.2) is 17.6 Å². The molecule has 20 heteroatoms. The predicted octanol–water partition coefficient (Wildman–Crippen LogP) is -4.06. The molecular formula is C35H65N7O13. The van der Waals surface area contributed by atoms with Gasteiger partial charge in [0.2, 0.25) is 6.29 Å². The van der Waals surface area contributed by atoms with E-state index in [4.69, 9.17) is 62.8 Å². The maximum absolute atomic E-state index is 14.2. The van der Waals surface area contributed by atoms with Gasteiger partial charge in [-0.1, -0.05) is 0 Å². The first kappa shape index (κ1) is 47.0. The summed E-state index contributed by atoms with van der Waals surface area (Å²) < 4.78 is 34.9. The highest BCUT2D eigenvalue weighted by atomic mass is 16.7. The Morgan fingerprint density at radius 2 is 1.62 bits per heavy atom. The second-order valence-corrected chi connectivity index (χ2v) is 16.9. The molecule has 0 amide bonds. The van der Waals surface area contributed by atoms with E-state index < -0.39 is 126 Å². The van der Waals surface area contributed by atoms with Gasteiger partial charge in [-0.15, -0.1) is 0 Å². The van der Waals surface area contributed by atoms with Crippen LogP contribution in [0.4, 0.5) is 0 Å². The van der Waals surface area contributed by atoms with Crippen molar-refractivity contribution >= 4 is 17.7 Å². The number of rotatable bonds is 14. The smallest absolute Gasteiger partial charge is 0.332 e. The fraction of sp³-hybridized carbons (Fsp3) is 0.857. The summed E-state index contributed by atoms with van der Waals surface area (Å²) in [7, 11) is 1.30. The normalized spacial score (nSPS) is 37.5. The van der Waals surface area contributed by atoms with E-state index in [9.17, 15) is 34.8 Å². The SMILES string of the molecule is CN[C@]1(C(=O)OC(C)(C)C)[C@@H](O)[C@@H](O[C@@H]2[C@@H](O)[C@H](O[C@H]3OC(C(N)CCCN)=CC[C@H]3N)[C@@H](N)C[C@]2(N)C(=O)C(O)C(N)C(=O)OC(C)(C)C)OC[C@]1(C)O. The lowest BCUT2D eigenvalue weighted by molar-refractivity contribution is -0.323. The Kier molecular flexibility index (Phi) is 15.0. The van der Waals surface area contributed by atoms with E-state index >= 15 is 0 Å². The third-order valence-electron chi connectivity index (χ3n) is 9.94. The number of hydrogen-bond acceptors (Lipinski definition) is 20. The van der Waals surface area contributed by atoms with E-state index in [1.165, 1.54) is 14.0 Å². The molecule has 14 atom stereocenters. The fourth-order valence-electron chi connectivity index (χ4n) is 7.00. The van der Waals surface area contributed by atoms with Gasteiger partial charge in [-0.05, 0) is 93.8 Å². The molecule has 20 nitrogen and oxygen atoms in total. The van der Waals surface area contributed by atoms with Crippen LogP contribution in [-0.4, -0.2) is 153 Å². The Labute approximate surface area is 321 Å². The third kappa shape index (κ3) is 10.2.